The van der Waals surface area contributed by atoms with Crippen LogP contribution in [0.2, 0.25) is 0 Å². The van der Waals surface area contributed by atoms with Gasteiger partial charge in [-0.1, -0.05) is 6.07 Å². The summed E-state index contributed by atoms with van der Waals surface area (Å²) >= 11 is 0. The van der Waals surface area contributed by atoms with Crippen molar-refractivity contribution in [2.45, 2.75) is 12.5 Å². The van der Waals surface area contributed by atoms with Crippen molar-refractivity contribution in [1.82, 2.24) is 25.2 Å². The zero-order chi connectivity index (χ0) is 11.4. The summed E-state index contributed by atoms with van der Waals surface area (Å²) in [7, 11) is 1.86. The first-order valence-corrected chi connectivity index (χ1v) is 5.00. The fourth-order valence-corrected chi connectivity index (χ4v) is 1.54. The maximum Gasteiger partial charge on any atom is 0.138 e. The number of aromatic nitrogens is 4. The van der Waals surface area contributed by atoms with E-state index in [0.29, 0.717) is 6.42 Å². The summed E-state index contributed by atoms with van der Waals surface area (Å²) in [5.74, 6) is 6.42. The third-order valence-electron chi connectivity index (χ3n) is 2.48. The SMILES string of the molecule is Cn1ncnc1CC(NN)c1cccnc1. The van der Waals surface area contributed by atoms with E-state index in [9.17, 15) is 0 Å². The molecule has 0 fully saturated rings. The Morgan fingerprint density at radius 3 is 3.00 bits per heavy atom. The van der Waals surface area contributed by atoms with Crippen molar-refractivity contribution in [2.75, 3.05) is 0 Å². The molecule has 6 heteroatoms. The average molecular weight is 218 g/mol. The molecule has 2 heterocycles. The van der Waals surface area contributed by atoms with Gasteiger partial charge in [0, 0.05) is 25.9 Å². The highest BCUT2D eigenvalue weighted by Gasteiger charge is 2.13. The fourth-order valence-electron chi connectivity index (χ4n) is 1.54. The lowest BCUT2D eigenvalue weighted by atomic mass is 10.1. The molecule has 1 unspecified atom stereocenters. The number of hydrogen-bond donors (Lipinski definition) is 2. The van der Waals surface area contributed by atoms with Crippen LogP contribution < -0.4 is 11.3 Å². The van der Waals surface area contributed by atoms with Crippen LogP contribution in [0.5, 0.6) is 0 Å². The minimum atomic E-state index is -0.00315. The van der Waals surface area contributed by atoms with E-state index in [0.717, 1.165) is 11.4 Å². The number of rotatable bonds is 4. The summed E-state index contributed by atoms with van der Waals surface area (Å²) in [6.07, 6.45) is 5.74. The molecule has 2 aromatic rings. The molecule has 2 rings (SSSR count). The maximum atomic E-state index is 5.54. The lowest BCUT2D eigenvalue weighted by Gasteiger charge is -2.14. The highest BCUT2D eigenvalue weighted by atomic mass is 15.3. The molecule has 1 atom stereocenters. The first-order valence-electron chi connectivity index (χ1n) is 5.00. The van der Waals surface area contributed by atoms with Gasteiger partial charge in [0.25, 0.3) is 0 Å². The summed E-state index contributed by atoms with van der Waals surface area (Å²) in [5.41, 5.74) is 3.80. The zero-order valence-corrected chi connectivity index (χ0v) is 9.04. The van der Waals surface area contributed by atoms with E-state index in [1.165, 1.54) is 6.33 Å². The quantitative estimate of drug-likeness (QED) is 0.555. The third-order valence-corrected chi connectivity index (χ3v) is 2.48. The van der Waals surface area contributed by atoms with Crippen molar-refractivity contribution < 1.29 is 0 Å². The van der Waals surface area contributed by atoms with Crippen molar-refractivity contribution in [3.63, 3.8) is 0 Å². The van der Waals surface area contributed by atoms with E-state index in [1.54, 1.807) is 17.1 Å². The van der Waals surface area contributed by atoms with Gasteiger partial charge in [-0.2, -0.15) is 5.10 Å². The van der Waals surface area contributed by atoms with Crippen molar-refractivity contribution in [3.05, 3.63) is 42.2 Å². The van der Waals surface area contributed by atoms with Crippen LogP contribution in [0, 0.1) is 0 Å². The Kier molecular flexibility index (Phi) is 3.23. The maximum absolute atomic E-state index is 5.54. The van der Waals surface area contributed by atoms with Gasteiger partial charge < -0.3 is 0 Å². The standard InChI is InChI=1S/C10H14N6/c1-16-10(13-7-14-16)5-9(15-11)8-3-2-4-12-6-8/h2-4,6-7,9,15H,5,11H2,1H3. The summed E-state index contributed by atoms with van der Waals surface area (Å²) < 4.78 is 1.74. The van der Waals surface area contributed by atoms with E-state index in [4.69, 9.17) is 5.84 Å². The van der Waals surface area contributed by atoms with Crippen molar-refractivity contribution in [2.24, 2.45) is 12.9 Å². The number of pyridine rings is 1. The minimum absolute atomic E-state index is 0.00315. The summed E-state index contributed by atoms with van der Waals surface area (Å²) in [4.78, 5) is 8.23. The summed E-state index contributed by atoms with van der Waals surface area (Å²) in [5, 5.41) is 4.02. The highest BCUT2D eigenvalue weighted by Crippen LogP contribution is 2.14. The van der Waals surface area contributed by atoms with Gasteiger partial charge in [-0.3, -0.25) is 20.9 Å². The molecule has 6 nitrogen and oxygen atoms in total. The number of hydrazine groups is 1. The van der Waals surface area contributed by atoms with Crippen molar-refractivity contribution in [1.29, 1.82) is 0 Å². The molecule has 2 aromatic heterocycles. The Labute approximate surface area is 93.5 Å². The predicted octanol–water partition coefficient (Wildman–Crippen LogP) is -0.0428. The largest absolute Gasteiger partial charge is 0.271 e. The monoisotopic (exact) mass is 218 g/mol. The lowest BCUT2D eigenvalue weighted by Crippen LogP contribution is -2.30. The van der Waals surface area contributed by atoms with Crippen LogP contribution >= 0.6 is 0 Å². The van der Waals surface area contributed by atoms with Crippen LogP contribution in [-0.4, -0.2) is 19.7 Å². The fraction of sp³-hybridized carbons (Fsp3) is 0.300. The molecule has 0 aromatic carbocycles. The Hall–Kier alpha value is -1.79. The normalized spacial score (nSPS) is 12.6. The van der Waals surface area contributed by atoms with E-state index < -0.39 is 0 Å². The smallest absolute Gasteiger partial charge is 0.138 e. The van der Waals surface area contributed by atoms with Crippen molar-refractivity contribution in [3.8, 4) is 0 Å². The zero-order valence-electron chi connectivity index (χ0n) is 9.04. The van der Waals surface area contributed by atoms with Crippen molar-refractivity contribution >= 4 is 0 Å². The molecule has 16 heavy (non-hydrogen) atoms. The molecule has 84 valence electrons. The third kappa shape index (κ3) is 2.23. The van der Waals surface area contributed by atoms with Crippen LogP contribution in [0.4, 0.5) is 0 Å². The van der Waals surface area contributed by atoms with E-state index in [1.807, 2.05) is 19.2 Å². The molecule has 0 amide bonds. The van der Waals surface area contributed by atoms with Gasteiger partial charge in [-0.15, -0.1) is 0 Å². The van der Waals surface area contributed by atoms with E-state index in [-0.39, 0.29) is 6.04 Å². The Bertz CT molecular complexity index is 438. The first-order chi connectivity index (χ1) is 7.81. The van der Waals surface area contributed by atoms with E-state index in [2.05, 4.69) is 20.5 Å². The Morgan fingerprint density at radius 1 is 1.56 bits per heavy atom. The molecule has 0 saturated carbocycles. The summed E-state index contributed by atoms with van der Waals surface area (Å²) in [6, 6.07) is 3.86. The van der Waals surface area contributed by atoms with Crippen LogP contribution in [0.1, 0.15) is 17.4 Å². The number of hydrogen-bond acceptors (Lipinski definition) is 5. The van der Waals surface area contributed by atoms with Crippen LogP contribution in [0.3, 0.4) is 0 Å². The van der Waals surface area contributed by atoms with Crippen LogP contribution in [0.25, 0.3) is 0 Å². The predicted molar refractivity (Wildman–Crippen MR) is 59.0 cm³/mol. The van der Waals surface area contributed by atoms with Gasteiger partial charge in [-0.25, -0.2) is 4.98 Å². The molecule has 0 radical (unpaired) electrons. The molecule has 0 spiro atoms. The molecule has 0 aliphatic carbocycles. The topological polar surface area (TPSA) is 81.7 Å². The molecular weight excluding hydrogens is 204 g/mol. The highest BCUT2D eigenvalue weighted by molar-refractivity contribution is 5.15. The second kappa shape index (κ2) is 4.82. The molecule has 3 N–H and O–H groups in total. The molecule has 0 bridgehead atoms. The van der Waals surface area contributed by atoms with Gasteiger partial charge in [-0.05, 0) is 11.6 Å². The number of aryl methyl sites for hydroxylation is 1. The number of nitrogens with zero attached hydrogens (tertiary/aromatic N) is 4. The van der Waals surface area contributed by atoms with Crippen LogP contribution in [-0.2, 0) is 13.5 Å². The van der Waals surface area contributed by atoms with Gasteiger partial charge >= 0.3 is 0 Å². The number of nitrogens with two attached hydrogens (primary N) is 1. The Morgan fingerprint density at radius 2 is 2.44 bits per heavy atom. The molecule has 0 saturated heterocycles. The molecule has 0 aliphatic heterocycles. The number of nitrogens with one attached hydrogen (secondary N) is 1. The summed E-state index contributed by atoms with van der Waals surface area (Å²) in [6.45, 7) is 0. The lowest BCUT2D eigenvalue weighted by molar-refractivity contribution is 0.522. The molecular formula is C10H14N6. The Balaban J connectivity index is 2.16. The van der Waals surface area contributed by atoms with Gasteiger partial charge in [0.2, 0.25) is 0 Å². The second-order valence-corrected chi connectivity index (χ2v) is 3.51. The second-order valence-electron chi connectivity index (χ2n) is 3.51. The van der Waals surface area contributed by atoms with Crippen LogP contribution in [0.15, 0.2) is 30.9 Å². The molecule has 0 aliphatic rings. The first kappa shape index (κ1) is 10.7. The average Bonchev–Trinajstić information content (AvgIpc) is 2.73. The van der Waals surface area contributed by atoms with Gasteiger partial charge in [0.1, 0.15) is 12.2 Å². The van der Waals surface area contributed by atoms with Gasteiger partial charge in [0.15, 0.2) is 0 Å². The van der Waals surface area contributed by atoms with E-state index >= 15 is 0 Å². The van der Waals surface area contributed by atoms with Gasteiger partial charge in [0.05, 0.1) is 6.04 Å². The minimum Gasteiger partial charge on any atom is -0.271 e.